The fraction of sp³-hybridized carbons (Fsp3) is 0.625. The van der Waals surface area contributed by atoms with Crippen LogP contribution in [0.1, 0.15) is 32.3 Å². The van der Waals surface area contributed by atoms with Crippen LogP contribution in [0.5, 0.6) is 5.75 Å². The molecule has 0 aliphatic heterocycles. The molecule has 0 amide bonds. The molecule has 0 aliphatic carbocycles. The molecule has 1 atom stereocenters. The molecule has 0 bridgehead atoms. The van der Waals surface area contributed by atoms with Crippen molar-refractivity contribution in [2.45, 2.75) is 33.2 Å². The van der Waals surface area contributed by atoms with E-state index in [9.17, 15) is 0 Å². The van der Waals surface area contributed by atoms with Crippen LogP contribution in [0.4, 0.5) is 0 Å². The second-order valence-electron chi connectivity index (χ2n) is 4.98. The molecule has 1 aromatic carbocycles. The van der Waals surface area contributed by atoms with Crippen molar-refractivity contribution in [2.24, 2.45) is 5.92 Å². The predicted octanol–water partition coefficient (Wildman–Crippen LogP) is 3.24. The van der Waals surface area contributed by atoms with Gasteiger partial charge in [0, 0.05) is 25.8 Å². The van der Waals surface area contributed by atoms with Gasteiger partial charge in [0.2, 0.25) is 0 Å². The monoisotopic (exact) mass is 265 g/mol. The highest BCUT2D eigenvalue weighted by Gasteiger charge is 2.05. The van der Waals surface area contributed by atoms with E-state index in [-0.39, 0.29) is 0 Å². The molecule has 0 aliphatic rings. The van der Waals surface area contributed by atoms with Crippen LogP contribution in [-0.4, -0.2) is 26.9 Å². The van der Waals surface area contributed by atoms with E-state index in [0.717, 1.165) is 32.1 Å². The van der Waals surface area contributed by atoms with Crippen LogP contribution in [0.15, 0.2) is 24.3 Å². The smallest absolute Gasteiger partial charge is 0.123 e. The standard InChI is InChI=1S/C16H27NO2/c1-4-7-14(2)13-19-16-9-6-5-8-15(16)12-17-10-11-18-3/h5-6,8-9,14,17H,4,7,10-13H2,1-3H3. The van der Waals surface area contributed by atoms with Gasteiger partial charge in [0.25, 0.3) is 0 Å². The van der Waals surface area contributed by atoms with Crippen molar-refractivity contribution in [1.82, 2.24) is 5.32 Å². The molecular weight excluding hydrogens is 238 g/mol. The predicted molar refractivity (Wildman–Crippen MR) is 79.6 cm³/mol. The molecule has 0 radical (unpaired) electrons. The van der Waals surface area contributed by atoms with Crippen LogP contribution in [0.25, 0.3) is 0 Å². The number of hydrogen-bond donors (Lipinski definition) is 1. The Morgan fingerprint density at radius 3 is 2.79 bits per heavy atom. The van der Waals surface area contributed by atoms with E-state index in [1.54, 1.807) is 7.11 Å². The average molecular weight is 265 g/mol. The summed E-state index contributed by atoms with van der Waals surface area (Å²) in [5, 5.41) is 3.35. The average Bonchev–Trinajstić information content (AvgIpc) is 2.43. The molecule has 0 spiro atoms. The number of benzene rings is 1. The Bertz CT molecular complexity index is 341. The van der Waals surface area contributed by atoms with E-state index >= 15 is 0 Å². The van der Waals surface area contributed by atoms with Gasteiger partial charge in [0.1, 0.15) is 5.75 Å². The minimum atomic E-state index is 0.611. The van der Waals surface area contributed by atoms with Gasteiger partial charge in [0.15, 0.2) is 0 Å². The van der Waals surface area contributed by atoms with Gasteiger partial charge < -0.3 is 14.8 Å². The molecule has 3 heteroatoms. The van der Waals surface area contributed by atoms with Gasteiger partial charge in [-0.1, -0.05) is 38.5 Å². The molecule has 1 aromatic rings. The zero-order valence-corrected chi connectivity index (χ0v) is 12.4. The SMILES string of the molecule is CCCC(C)COc1ccccc1CNCCOC. The maximum Gasteiger partial charge on any atom is 0.123 e. The van der Waals surface area contributed by atoms with E-state index in [0.29, 0.717) is 5.92 Å². The summed E-state index contributed by atoms with van der Waals surface area (Å²) in [6, 6.07) is 8.24. The highest BCUT2D eigenvalue weighted by Crippen LogP contribution is 2.19. The molecule has 1 unspecified atom stereocenters. The van der Waals surface area contributed by atoms with E-state index in [2.05, 4.69) is 31.3 Å². The first-order valence-electron chi connectivity index (χ1n) is 7.18. The fourth-order valence-corrected chi connectivity index (χ4v) is 2.00. The molecule has 0 saturated carbocycles. The zero-order valence-electron chi connectivity index (χ0n) is 12.4. The van der Waals surface area contributed by atoms with E-state index in [4.69, 9.17) is 9.47 Å². The Morgan fingerprint density at radius 1 is 1.26 bits per heavy atom. The minimum Gasteiger partial charge on any atom is -0.493 e. The molecule has 0 fully saturated rings. The van der Waals surface area contributed by atoms with Crippen molar-refractivity contribution in [3.05, 3.63) is 29.8 Å². The van der Waals surface area contributed by atoms with Gasteiger partial charge in [0.05, 0.1) is 13.2 Å². The summed E-state index contributed by atoms with van der Waals surface area (Å²) in [7, 11) is 1.72. The second kappa shape index (κ2) is 9.82. The number of rotatable bonds is 10. The van der Waals surface area contributed by atoms with Crippen molar-refractivity contribution < 1.29 is 9.47 Å². The van der Waals surface area contributed by atoms with E-state index in [1.807, 2.05) is 12.1 Å². The molecule has 1 N–H and O–H groups in total. The van der Waals surface area contributed by atoms with Crippen molar-refractivity contribution >= 4 is 0 Å². The third kappa shape index (κ3) is 6.60. The third-order valence-electron chi connectivity index (χ3n) is 3.08. The van der Waals surface area contributed by atoms with Gasteiger partial charge in [-0.25, -0.2) is 0 Å². The maximum absolute atomic E-state index is 5.94. The van der Waals surface area contributed by atoms with Gasteiger partial charge in [-0.05, 0) is 18.4 Å². The van der Waals surface area contributed by atoms with Gasteiger partial charge in [-0.2, -0.15) is 0 Å². The number of para-hydroxylation sites is 1. The summed E-state index contributed by atoms with van der Waals surface area (Å²) in [6.45, 7) is 7.66. The molecule has 0 saturated heterocycles. The Hall–Kier alpha value is -1.06. The minimum absolute atomic E-state index is 0.611. The van der Waals surface area contributed by atoms with Gasteiger partial charge in [-0.15, -0.1) is 0 Å². The lowest BCUT2D eigenvalue weighted by atomic mass is 10.1. The number of ether oxygens (including phenoxy) is 2. The first kappa shape index (κ1) is 16.0. The first-order chi connectivity index (χ1) is 9.27. The third-order valence-corrected chi connectivity index (χ3v) is 3.08. The van der Waals surface area contributed by atoms with E-state index < -0.39 is 0 Å². The van der Waals surface area contributed by atoms with Crippen LogP contribution in [0, 0.1) is 5.92 Å². The van der Waals surface area contributed by atoms with Gasteiger partial charge in [-0.3, -0.25) is 0 Å². The Balaban J connectivity index is 2.43. The van der Waals surface area contributed by atoms with Crippen molar-refractivity contribution in [1.29, 1.82) is 0 Å². The molecule has 3 nitrogen and oxygen atoms in total. The summed E-state index contributed by atoms with van der Waals surface area (Å²) in [5.74, 6) is 1.61. The summed E-state index contributed by atoms with van der Waals surface area (Å²) < 4.78 is 11.0. The largest absolute Gasteiger partial charge is 0.493 e. The number of methoxy groups -OCH3 is 1. The van der Waals surface area contributed by atoms with Crippen LogP contribution in [-0.2, 0) is 11.3 Å². The van der Waals surface area contributed by atoms with Crippen LogP contribution < -0.4 is 10.1 Å². The quantitative estimate of drug-likeness (QED) is 0.659. The van der Waals surface area contributed by atoms with Crippen LogP contribution >= 0.6 is 0 Å². The molecule has 0 aromatic heterocycles. The molecule has 19 heavy (non-hydrogen) atoms. The summed E-state index contributed by atoms with van der Waals surface area (Å²) >= 11 is 0. The lowest BCUT2D eigenvalue weighted by Crippen LogP contribution is -2.19. The zero-order chi connectivity index (χ0) is 13.9. The van der Waals surface area contributed by atoms with Gasteiger partial charge >= 0.3 is 0 Å². The highest BCUT2D eigenvalue weighted by atomic mass is 16.5. The Labute approximate surface area is 117 Å². The van der Waals surface area contributed by atoms with Crippen molar-refractivity contribution in [3.63, 3.8) is 0 Å². The molecular formula is C16H27NO2. The van der Waals surface area contributed by atoms with Crippen molar-refractivity contribution in [3.8, 4) is 5.75 Å². The molecule has 0 heterocycles. The molecule has 1 rings (SSSR count). The lowest BCUT2D eigenvalue weighted by Gasteiger charge is -2.15. The highest BCUT2D eigenvalue weighted by molar-refractivity contribution is 5.33. The summed E-state index contributed by atoms with van der Waals surface area (Å²) in [6.07, 6.45) is 2.43. The summed E-state index contributed by atoms with van der Waals surface area (Å²) in [4.78, 5) is 0. The van der Waals surface area contributed by atoms with Crippen LogP contribution in [0.2, 0.25) is 0 Å². The second-order valence-corrected chi connectivity index (χ2v) is 4.98. The maximum atomic E-state index is 5.94. The molecule has 108 valence electrons. The van der Waals surface area contributed by atoms with Crippen LogP contribution in [0.3, 0.4) is 0 Å². The summed E-state index contributed by atoms with van der Waals surface area (Å²) in [5.41, 5.74) is 1.21. The Kier molecular flexibility index (Phi) is 8.26. The lowest BCUT2D eigenvalue weighted by molar-refractivity contribution is 0.198. The topological polar surface area (TPSA) is 30.5 Å². The van der Waals surface area contributed by atoms with E-state index in [1.165, 1.54) is 18.4 Å². The Morgan fingerprint density at radius 2 is 2.05 bits per heavy atom. The normalized spacial score (nSPS) is 12.4. The number of hydrogen-bond acceptors (Lipinski definition) is 3. The van der Waals surface area contributed by atoms with Crippen molar-refractivity contribution in [2.75, 3.05) is 26.9 Å². The first-order valence-corrected chi connectivity index (χ1v) is 7.18. The fourth-order valence-electron chi connectivity index (χ4n) is 2.00. The number of nitrogens with one attached hydrogen (secondary N) is 1.